The van der Waals surface area contributed by atoms with Crippen molar-refractivity contribution in [1.29, 1.82) is 0 Å². The molecule has 0 heterocycles. The van der Waals surface area contributed by atoms with E-state index >= 15 is 0 Å². The number of rotatable bonds is 6. The number of halogens is 1. The first-order valence-corrected chi connectivity index (χ1v) is 5.83. The van der Waals surface area contributed by atoms with Gasteiger partial charge < -0.3 is 9.64 Å². The molecular weight excluding hydrogens is 238 g/mol. The summed E-state index contributed by atoms with van der Waals surface area (Å²) < 4.78 is 4.97. The lowest BCUT2D eigenvalue weighted by Gasteiger charge is -2.23. The number of carbonyl (C=O) groups excluding carboxylic acids is 1. The van der Waals surface area contributed by atoms with Crippen LogP contribution in [0.25, 0.3) is 5.70 Å². The maximum atomic E-state index is 11.7. The van der Waals surface area contributed by atoms with Crippen molar-refractivity contribution in [2.75, 3.05) is 26.1 Å². The van der Waals surface area contributed by atoms with Crippen molar-refractivity contribution < 1.29 is 9.53 Å². The molecule has 0 aliphatic heterocycles. The second kappa shape index (κ2) is 7.09. The summed E-state index contributed by atoms with van der Waals surface area (Å²) in [5, 5.41) is 0. The zero-order valence-electron chi connectivity index (χ0n) is 9.86. The number of alkyl halides is 1. The molecule has 0 spiro atoms. The van der Waals surface area contributed by atoms with Gasteiger partial charge in [-0.15, -0.1) is 11.6 Å². The highest BCUT2D eigenvalue weighted by atomic mass is 35.5. The van der Waals surface area contributed by atoms with Gasteiger partial charge in [-0.2, -0.15) is 0 Å². The van der Waals surface area contributed by atoms with Crippen LogP contribution in [-0.4, -0.2) is 36.9 Å². The first-order chi connectivity index (χ1) is 8.20. The number of amides is 1. The van der Waals surface area contributed by atoms with Gasteiger partial charge in [0.05, 0.1) is 6.61 Å². The normalized spacial score (nSPS) is 10.0. The summed E-state index contributed by atoms with van der Waals surface area (Å²) in [5.41, 5.74) is 1.55. The minimum Gasteiger partial charge on any atom is -0.383 e. The van der Waals surface area contributed by atoms with Crippen molar-refractivity contribution in [2.45, 2.75) is 0 Å². The minimum atomic E-state index is -0.169. The molecule has 4 heteroatoms. The van der Waals surface area contributed by atoms with Crippen LogP contribution in [0.1, 0.15) is 5.56 Å². The molecule has 0 atom stereocenters. The molecule has 3 nitrogen and oxygen atoms in total. The molecule has 0 aliphatic rings. The summed E-state index contributed by atoms with van der Waals surface area (Å²) in [6, 6.07) is 9.54. The van der Waals surface area contributed by atoms with Crippen molar-refractivity contribution in [3.8, 4) is 0 Å². The molecule has 0 unspecified atom stereocenters. The van der Waals surface area contributed by atoms with E-state index in [4.69, 9.17) is 16.3 Å². The molecule has 0 bridgehead atoms. The maximum absolute atomic E-state index is 11.7. The lowest BCUT2D eigenvalue weighted by Crippen LogP contribution is -2.33. The highest BCUT2D eigenvalue weighted by molar-refractivity contribution is 6.27. The van der Waals surface area contributed by atoms with E-state index in [0.29, 0.717) is 18.8 Å². The lowest BCUT2D eigenvalue weighted by molar-refractivity contribution is -0.125. The van der Waals surface area contributed by atoms with Crippen molar-refractivity contribution in [2.24, 2.45) is 0 Å². The van der Waals surface area contributed by atoms with E-state index in [1.54, 1.807) is 12.0 Å². The average Bonchev–Trinajstić information content (AvgIpc) is 2.39. The summed E-state index contributed by atoms with van der Waals surface area (Å²) in [4.78, 5) is 13.3. The van der Waals surface area contributed by atoms with E-state index in [0.717, 1.165) is 5.56 Å². The Kier molecular flexibility index (Phi) is 5.73. The smallest absolute Gasteiger partial charge is 0.241 e. The molecule has 0 N–H and O–H groups in total. The topological polar surface area (TPSA) is 29.5 Å². The fourth-order valence-electron chi connectivity index (χ4n) is 1.45. The van der Waals surface area contributed by atoms with Crippen LogP contribution in [0.3, 0.4) is 0 Å². The summed E-state index contributed by atoms with van der Waals surface area (Å²) in [6.07, 6.45) is 0. The molecule has 0 radical (unpaired) electrons. The predicted octanol–water partition coefficient (Wildman–Crippen LogP) is 2.37. The average molecular weight is 254 g/mol. The SMILES string of the molecule is C=C(c1ccccc1)N(CCOC)C(=O)CCl. The van der Waals surface area contributed by atoms with Crippen LogP contribution >= 0.6 is 11.6 Å². The quantitative estimate of drug-likeness (QED) is 0.729. The van der Waals surface area contributed by atoms with Gasteiger partial charge >= 0.3 is 0 Å². The molecule has 0 saturated carbocycles. The van der Waals surface area contributed by atoms with Gasteiger partial charge in [-0.05, 0) is 5.56 Å². The van der Waals surface area contributed by atoms with Gasteiger partial charge in [0, 0.05) is 19.4 Å². The van der Waals surface area contributed by atoms with E-state index < -0.39 is 0 Å². The Bertz CT molecular complexity index is 378. The third kappa shape index (κ3) is 3.88. The molecule has 92 valence electrons. The predicted molar refractivity (Wildman–Crippen MR) is 69.8 cm³/mol. The monoisotopic (exact) mass is 253 g/mol. The summed E-state index contributed by atoms with van der Waals surface area (Å²) in [7, 11) is 1.59. The Balaban J connectivity index is 2.83. The summed E-state index contributed by atoms with van der Waals surface area (Å²) >= 11 is 5.58. The Hall–Kier alpha value is -1.32. The highest BCUT2D eigenvalue weighted by Crippen LogP contribution is 2.17. The molecule has 1 rings (SSSR count). The van der Waals surface area contributed by atoms with Gasteiger partial charge in [-0.3, -0.25) is 4.79 Å². The molecule has 0 saturated heterocycles. The van der Waals surface area contributed by atoms with Gasteiger partial charge in [-0.25, -0.2) is 0 Å². The van der Waals surface area contributed by atoms with Crippen LogP contribution in [0.5, 0.6) is 0 Å². The molecular formula is C13H16ClNO2. The van der Waals surface area contributed by atoms with Crippen molar-refractivity contribution in [3.63, 3.8) is 0 Å². The number of hydrogen-bond acceptors (Lipinski definition) is 2. The van der Waals surface area contributed by atoms with E-state index in [1.807, 2.05) is 30.3 Å². The molecule has 17 heavy (non-hydrogen) atoms. The molecule has 0 fully saturated rings. The number of carbonyl (C=O) groups is 1. The standard InChI is InChI=1S/C13H16ClNO2/c1-11(12-6-4-3-5-7-12)15(8-9-17-2)13(16)10-14/h3-7H,1,8-10H2,2H3. The van der Waals surface area contributed by atoms with E-state index in [9.17, 15) is 4.79 Å². The Morgan fingerprint density at radius 1 is 1.41 bits per heavy atom. The second-order valence-corrected chi connectivity index (χ2v) is 3.75. The Morgan fingerprint density at radius 3 is 2.59 bits per heavy atom. The second-order valence-electron chi connectivity index (χ2n) is 3.48. The molecule has 0 aromatic heterocycles. The molecule has 1 aromatic rings. The van der Waals surface area contributed by atoms with E-state index in [1.165, 1.54) is 0 Å². The third-order valence-electron chi connectivity index (χ3n) is 2.37. The Morgan fingerprint density at radius 2 is 2.06 bits per heavy atom. The number of benzene rings is 1. The highest BCUT2D eigenvalue weighted by Gasteiger charge is 2.16. The van der Waals surface area contributed by atoms with Gasteiger partial charge in [-0.1, -0.05) is 36.9 Å². The van der Waals surface area contributed by atoms with Crippen LogP contribution in [0, 0.1) is 0 Å². The van der Waals surface area contributed by atoms with Crippen LogP contribution in [0.4, 0.5) is 0 Å². The van der Waals surface area contributed by atoms with Gasteiger partial charge in [0.25, 0.3) is 0 Å². The van der Waals surface area contributed by atoms with E-state index in [2.05, 4.69) is 6.58 Å². The van der Waals surface area contributed by atoms with Gasteiger partial charge in [0.1, 0.15) is 5.88 Å². The van der Waals surface area contributed by atoms with Crippen molar-refractivity contribution in [3.05, 3.63) is 42.5 Å². The van der Waals surface area contributed by atoms with Crippen molar-refractivity contribution >= 4 is 23.2 Å². The molecule has 1 amide bonds. The summed E-state index contributed by atoms with van der Waals surface area (Å²) in [5.74, 6) is -0.229. The number of ether oxygens (including phenoxy) is 1. The molecule has 1 aromatic carbocycles. The minimum absolute atomic E-state index is 0.0600. The fourth-order valence-corrected chi connectivity index (χ4v) is 1.60. The number of methoxy groups -OCH3 is 1. The van der Waals surface area contributed by atoms with Gasteiger partial charge in [0.2, 0.25) is 5.91 Å². The molecule has 0 aliphatic carbocycles. The zero-order chi connectivity index (χ0) is 12.7. The number of nitrogens with zero attached hydrogens (tertiary/aromatic N) is 1. The third-order valence-corrected chi connectivity index (χ3v) is 2.60. The first kappa shape index (κ1) is 13.7. The number of hydrogen-bond donors (Lipinski definition) is 0. The first-order valence-electron chi connectivity index (χ1n) is 5.30. The van der Waals surface area contributed by atoms with E-state index in [-0.39, 0.29) is 11.8 Å². The van der Waals surface area contributed by atoms with Crippen LogP contribution in [-0.2, 0) is 9.53 Å². The zero-order valence-corrected chi connectivity index (χ0v) is 10.6. The Labute approximate surface area is 107 Å². The fraction of sp³-hybridized carbons (Fsp3) is 0.308. The van der Waals surface area contributed by atoms with Crippen LogP contribution in [0.15, 0.2) is 36.9 Å². The lowest BCUT2D eigenvalue weighted by atomic mass is 10.1. The largest absolute Gasteiger partial charge is 0.383 e. The van der Waals surface area contributed by atoms with Crippen LogP contribution in [0.2, 0.25) is 0 Å². The maximum Gasteiger partial charge on any atom is 0.241 e. The van der Waals surface area contributed by atoms with Crippen LogP contribution < -0.4 is 0 Å². The van der Waals surface area contributed by atoms with Crippen molar-refractivity contribution in [1.82, 2.24) is 4.90 Å². The summed E-state index contributed by atoms with van der Waals surface area (Å²) in [6.45, 7) is 4.85. The van der Waals surface area contributed by atoms with Gasteiger partial charge in [0.15, 0.2) is 0 Å².